The minimum Gasteiger partial charge on any atom is -0.462 e. The molecule has 0 aromatic rings. The summed E-state index contributed by atoms with van der Waals surface area (Å²) in [5.74, 6) is -0.839. The van der Waals surface area contributed by atoms with Gasteiger partial charge >= 0.3 is 19.8 Å². The summed E-state index contributed by atoms with van der Waals surface area (Å²) in [5, 5.41) is 0. The zero-order chi connectivity index (χ0) is 37.5. The van der Waals surface area contributed by atoms with Gasteiger partial charge in [-0.2, -0.15) is 0 Å². The van der Waals surface area contributed by atoms with Crippen molar-refractivity contribution in [1.82, 2.24) is 0 Å². The molecular formula is C41H78NO8P. The van der Waals surface area contributed by atoms with Crippen LogP contribution in [-0.2, 0) is 32.7 Å². The quantitative estimate of drug-likeness (QED) is 0.0273. The fourth-order valence-corrected chi connectivity index (χ4v) is 6.49. The average molecular weight is 744 g/mol. The Hall–Kier alpha value is -1.51. The number of phosphoric ester groups is 1. The van der Waals surface area contributed by atoms with Gasteiger partial charge in [0.1, 0.15) is 6.61 Å². The SMILES string of the molecule is CCCCC/C=C\C/C=C/CCCCCCCC(=O)O[C@H](COC(=O)CCCCCCCCCCCCCCCCC)COP(=O)(O)OCCN. The van der Waals surface area contributed by atoms with E-state index < -0.39 is 26.5 Å². The monoisotopic (exact) mass is 744 g/mol. The van der Waals surface area contributed by atoms with Crippen LogP contribution < -0.4 is 5.73 Å². The van der Waals surface area contributed by atoms with Crippen molar-refractivity contribution in [3.63, 3.8) is 0 Å². The first-order valence-electron chi connectivity index (χ1n) is 20.8. The number of phosphoric acid groups is 1. The van der Waals surface area contributed by atoms with Gasteiger partial charge in [0.25, 0.3) is 0 Å². The lowest BCUT2D eigenvalue weighted by molar-refractivity contribution is -0.161. The number of carbonyl (C=O) groups excluding carboxylic acids is 2. The van der Waals surface area contributed by atoms with Crippen molar-refractivity contribution in [3.8, 4) is 0 Å². The molecular weight excluding hydrogens is 665 g/mol. The van der Waals surface area contributed by atoms with Crippen molar-refractivity contribution in [3.05, 3.63) is 24.3 Å². The number of esters is 2. The lowest BCUT2D eigenvalue weighted by Gasteiger charge is -2.19. The predicted molar refractivity (Wildman–Crippen MR) is 211 cm³/mol. The maximum atomic E-state index is 12.5. The Bertz CT molecular complexity index is 897. The highest BCUT2D eigenvalue weighted by Crippen LogP contribution is 2.43. The summed E-state index contributed by atoms with van der Waals surface area (Å²) in [6.07, 6.45) is 39.1. The summed E-state index contributed by atoms with van der Waals surface area (Å²) in [6, 6.07) is 0. The highest BCUT2D eigenvalue weighted by atomic mass is 31.2. The minimum absolute atomic E-state index is 0.0524. The van der Waals surface area contributed by atoms with Crippen LogP contribution in [0.15, 0.2) is 24.3 Å². The average Bonchev–Trinajstić information content (AvgIpc) is 3.11. The molecule has 0 bridgehead atoms. The molecule has 51 heavy (non-hydrogen) atoms. The van der Waals surface area contributed by atoms with Crippen molar-refractivity contribution < 1.29 is 37.6 Å². The Morgan fingerprint density at radius 3 is 1.53 bits per heavy atom. The van der Waals surface area contributed by atoms with E-state index in [9.17, 15) is 19.0 Å². The smallest absolute Gasteiger partial charge is 0.462 e. The zero-order valence-corrected chi connectivity index (χ0v) is 33.7. The summed E-state index contributed by atoms with van der Waals surface area (Å²) in [4.78, 5) is 34.8. The normalized spacial score (nSPS) is 13.6. The van der Waals surface area contributed by atoms with Gasteiger partial charge in [-0.15, -0.1) is 0 Å². The van der Waals surface area contributed by atoms with Gasteiger partial charge in [-0.1, -0.05) is 160 Å². The predicted octanol–water partition coefficient (Wildman–Crippen LogP) is 11.6. The van der Waals surface area contributed by atoms with Crippen LogP contribution in [0.1, 0.15) is 194 Å². The third kappa shape index (κ3) is 38.0. The topological polar surface area (TPSA) is 134 Å². The van der Waals surface area contributed by atoms with Gasteiger partial charge in [-0.25, -0.2) is 4.57 Å². The molecule has 2 atom stereocenters. The molecule has 0 aliphatic rings. The third-order valence-corrected chi connectivity index (χ3v) is 9.82. The first-order chi connectivity index (χ1) is 24.8. The molecule has 0 amide bonds. The molecule has 300 valence electrons. The van der Waals surface area contributed by atoms with Gasteiger partial charge in [-0.05, 0) is 44.9 Å². The molecule has 0 heterocycles. The second-order valence-electron chi connectivity index (χ2n) is 13.9. The van der Waals surface area contributed by atoms with Crippen LogP contribution in [0.25, 0.3) is 0 Å². The van der Waals surface area contributed by atoms with Crippen molar-refractivity contribution in [1.29, 1.82) is 0 Å². The van der Waals surface area contributed by atoms with Gasteiger partial charge in [0, 0.05) is 19.4 Å². The third-order valence-electron chi connectivity index (χ3n) is 8.84. The fraction of sp³-hybridized carbons (Fsp3) is 0.854. The Labute approximate surface area is 312 Å². The van der Waals surface area contributed by atoms with E-state index in [1.54, 1.807) is 0 Å². The van der Waals surface area contributed by atoms with Gasteiger partial charge in [0.05, 0.1) is 13.2 Å². The number of ether oxygens (including phenoxy) is 2. The lowest BCUT2D eigenvalue weighted by atomic mass is 10.0. The molecule has 3 N–H and O–H groups in total. The highest BCUT2D eigenvalue weighted by Gasteiger charge is 2.26. The van der Waals surface area contributed by atoms with E-state index in [-0.39, 0.29) is 38.6 Å². The van der Waals surface area contributed by atoms with Crippen LogP contribution in [0.3, 0.4) is 0 Å². The molecule has 0 fully saturated rings. The highest BCUT2D eigenvalue weighted by molar-refractivity contribution is 7.47. The van der Waals surface area contributed by atoms with Crippen LogP contribution in [0.4, 0.5) is 0 Å². The van der Waals surface area contributed by atoms with Crippen molar-refractivity contribution in [2.24, 2.45) is 5.73 Å². The van der Waals surface area contributed by atoms with Crippen molar-refractivity contribution >= 4 is 19.8 Å². The number of hydrogen-bond donors (Lipinski definition) is 2. The zero-order valence-electron chi connectivity index (χ0n) is 32.8. The molecule has 1 unspecified atom stereocenters. The van der Waals surface area contributed by atoms with Gasteiger partial charge in [-0.3, -0.25) is 18.6 Å². The standard InChI is InChI=1S/C41H78NO8P/c1-3-5-7-9-11-13-15-17-19-21-23-25-27-29-31-33-40(43)47-37-39(38-49-51(45,46)48-36-35-42)50-41(44)34-32-30-28-26-24-22-20-18-16-14-12-10-8-6-4-2/h12,14,18,20,39H,3-11,13,15-17,19,21-38,42H2,1-2H3,(H,45,46)/b14-12-,20-18+/t39-/m1/s1. The molecule has 0 radical (unpaired) electrons. The lowest BCUT2D eigenvalue weighted by Crippen LogP contribution is -2.29. The maximum Gasteiger partial charge on any atom is 0.472 e. The van der Waals surface area contributed by atoms with E-state index in [0.717, 1.165) is 57.8 Å². The largest absolute Gasteiger partial charge is 0.472 e. The van der Waals surface area contributed by atoms with E-state index in [1.807, 2.05) is 0 Å². The van der Waals surface area contributed by atoms with E-state index >= 15 is 0 Å². The van der Waals surface area contributed by atoms with Crippen LogP contribution in [0, 0.1) is 0 Å². The van der Waals surface area contributed by atoms with Crippen LogP contribution in [-0.4, -0.2) is 49.3 Å². The van der Waals surface area contributed by atoms with E-state index in [1.165, 1.54) is 103 Å². The van der Waals surface area contributed by atoms with Gasteiger partial charge in [0.2, 0.25) is 0 Å². The summed E-state index contributed by atoms with van der Waals surface area (Å²) >= 11 is 0. The Morgan fingerprint density at radius 1 is 0.588 bits per heavy atom. The first kappa shape index (κ1) is 49.5. The minimum atomic E-state index is -4.37. The Kier molecular flexibility index (Phi) is 37.1. The molecule has 0 aromatic carbocycles. The first-order valence-corrected chi connectivity index (χ1v) is 22.3. The molecule has 0 saturated heterocycles. The van der Waals surface area contributed by atoms with E-state index in [0.29, 0.717) is 6.42 Å². The summed E-state index contributed by atoms with van der Waals surface area (Å²) in [7, 11) is -4.37. The molecule has 0 aromatic heterocycles. The summed E-state index contributed by atoms with van der Waals surface area (Å²) in [6.45, 7) is 3.70. The Balaban J connectivity index is 4.18. The van der Waals surface area contributed by atoms with E-state index in [2.05, 4.69) is 38.2 Å². The van der Waals surface area contributed by atoms with E-state index in [4.69, 9.17) is 24.3 Å². The second kappa shape index (κ2) is 38.2. The second-order valence-corrected chi connectivity index (χ2v) is 15.3. The molecule has 0 saturated carbocycles. The number of nitrogens with two attached hydrogens (primary N) is 1. The number of rotatable bonds is 39. The van der Waals surface area contributed by atoms with Gasteiger partial charge < -0.3 is 20.1 Å². The number of carbonyl (C=O) groups is 2. The number of hydrogen-bond acceptors (Lipinski definition) is 8. The molecule has 0 spiro atoms. The molecule has 0 rings (SSSR count). The summed E-state index contributed by atoms with van der Waals surface area (Å²) in [5.41, 5.74) is 5.34. The fourth-order valence-electron chi connectivity index (χ4n) is 5.72. The molecule has 0 aliphatic carbocycles. The van der Waals surface area contributed by atoms with Crippen molar-refractivity contribution in [2.75, 3.05) is 26.4 Å². The van der Waals surface area contributed by atoms with Crippen LogP contribution in [0.2, 0.25) is 0 Å². The van der Waals surface area contributed by atoms with Crippen molar-refractivity contribution in [2.45, 2.75) is 200 Å². The molecule has 0 aliphatic heterocycles. The molecule has 10 heteroatoms. The van der Waals surface area contributed by atoms with Gasteiger partial charge in [0.15, 0.2) is 6.10 Å². The van der Waals surface area contributed by atoms with Crippen LogP contribution >= 0.6 is 7.82 Å². The summed E-state index contributed by atoms with van der Waals surface area (Å²) < 4.78 is 32.7. The molecule has 9 nitrogen and oxygen atoms in total. The Morgan fingerprint density at radius 2 is 1.02 bits per heavy atom. The van der Waals surface area contributed by atoms with Crippen LogP contribution in [0.5, 0.6) is 0 Å². The maximum absolute atomic E-state index is 12.5. The number of unbranched alkanes of at least 4 members (excludes halogenated alkanes) is 22. The number of allylic oxidation sites excluding steroid dienone is 4.